The van der Waals surface area contributed by atoms with Crippen LogP contribution in [0.25, 0.3) is 0 Å². The zero-order valence-electron chi connectivity index (χ0n) is 16.0. The highest BCUT2D eigenvalue weighted by atomic mass is 19.1. The van der Waals surface area contributed by atoms with Crippen molar-refractivity contribution in [1.82, 2.24) is 14.7 Å². The third-order valence-corrected chi connectivity index (χ3v) is 6.13. The number of carbonyl (C=O) groups is 2. The van der Waals surface area contributed by atoms with Gasteiger partial charge in [-0.2, -0.15) is 0 Å². The standard InChI is InChI=1S/C20H27FN4O3/c21-16-1-3-17(4-2-16)22-19(27)25-8-6-20(15-25)5-7-24(18(20)26)10-9-23-11-13-28-14-12-23/h1-4H,5-15H2,(H,22,27). The van der Waals surface area contributed by atoms with Crippen LogP contribution in [-0.2, 0) is 9.53 Å². The van der Waals surface area contributed by atoms with Gasteiger partial charge in [-0.3, -0.25) is 9.69 Å². The minimum absolute atomic E-state index is 0.179. The summed E-state index contributed by atoms with van der Waals surface area (Å²) in [5.41, 5.74) is 0.114. The van der Waals surface area contributed by atoms with Crippen molar-refractivity contribution in [3.63, 3.8) is 0 Å². The van der Waals surface area contributed by atoms with Gasteiger partial charge in [-0.1, -0.05) is 0 Å². The SMILES string of the molecule is O=C(Nc1ccc(F)cc1)N1CCC2(CCN(CCN3CCOCC3)C2=O)C1. The van der Waals surface area contributed by atoms with E-state index in [9.17, 15) is 14.0 Å². The number of morpholine rings is 1. The summed E-state index contributed by atoms with van der Waals surface area (Å²) in [6.07, 6.45) is 1.51. The number of benzene rings is 1. The van der Waals surface area contributed by atoms with Gasteiger partial charge in [0.2, 0.25) is 5.91 Å². The second-order valence-corrected chi connectivity index (χ2v) is 7.89. The molecule has 8 heteroatoms. The van der Waals surface area contributed by atoms with Gasteiger partial charge in [-0.15, -0.1) is 0 Å². The Morgan fingerprint density at radius 1 is 1.07 bits per heavy atom. The lowest BCUT2D eigenvalue weighted by molar-refractivity contribution is -0.135. The fourth-order valence-electron chi connectivity index (χ4n) is 4.35. The lowest BCUT2D eigenvalue weighted by atomic mass is 9.85. The van der Waals surface area contributed by atoms with Crippen LogP contribution < -0.4 is 5.32 Å². The molecule has 3 aliphatic rings. The van der Waals surface area contributed by atoms with Crippen LogP contribution in [0.2, 0.25) is 0 Å². The van der Waals surface area contributed by atoms with E-state index < -0.39 is 5.41 Å². The van der Waals surface area contributed by atoms with Crippen LogP contribution in [-0.4, -0.2) is 85.7 Å². The molecule has 0 radical (unpaired) electrons. The monoisotopic (exact) mass is 390 g/mol. The van der Waals surface area contributed by atoms with Crippen molar-refractivity contribution >= 4 is 17.6 Å². The molecular formula is C20H27FN4O3. The molecule has 4 rings (SSSR count). The smallest absolute Gasteiger partial charge is 0.321 e. The molecule has 3 aliphatic heterocycles. The Labute approximate surface area is 164 Å². The zero-order chi connectivity index (χ0) is 19.6. The summed E-state index contributed by atoms with van der Waals surface area (Å²) in [5, 5.41) is 2.79. The van der Waals surface area contributed by atoms with E-state index >= 15 is 0 Å². The van der Waals surface area contributed by atoms with E-state index in [1.165, 1.54) is 24.3 Å². The topological polar surface area (TPSA) is 65.1 Å². The Morgan fingerprint density at radius 3 is 2.54 bits per heavy atom. The Bertz CT molecular complexity index is 723. The second kappa shape index (κ2) is 8.05. The van der Waals surface area contributed by atoms with Crippen molar-refractivity contribution in [2.45, 2.75) is 12.8 Å². The number of anilines is 1. The van der Waals surface area contributed by atoms with Crippen molar-refractivity contribution in [2.24, 2.45) is 5.41 Å². The van der Waals surface area contributed by atoms with Gasteiger partial charge in [0.05, 0.1) is 18.6 Å². The molecular weight excluding hydrogens is 363 g/mol. The number of likely N-dealkylation sites (tertiary alicyclic amines) is 2. The summed E-state index contributed by atoms with van der Waals surface area (Å²) in [5.74, 6) is -0.162. The molecule has 28 heavy (non-hydrogen) atoms. The maximum Gasteiger partial charge on any atom is 0.321 e. The molecule has 3 amide bonds. The van der Waals surface area contributed by atoms with Gasteiger partial charge in [0.15, 0.2) is 0 Å². The van der Waals surface area contributed by atoms with Gasteiger partial charge in [0.1, 0.15) is 5.82 Å². The molecule has 3 fully saturated rings. The summed E-state index contributed by atoms with van der Waals surface area (Å²) in [6, 6.07) is 5.46. The molecule has 1 atom stereocenters. The van der Waals surface area contributed by atoms with E-state index in [0.29, 0.717) is 25.2 Å². The molecule has 7 nitrogen and oxygen atoms in total. The van der Waals surface area contributed by atoms with Crippen molar-refractivity contribution in [1.29, 1.82) is 0 Å². The normalized spacial score (nSPS) is 25.7. The summed E-state index contributed by atoms with van der Waals surface area (Å²) in [4.78, 5) is 31.6. The molecule has 1 aromatic carbocycles. The highest BCUT2D eigenvalue weighted by molar-refractivity contribution is 5.91. The predicted molar refractivity (Wildman–Crippen MR) is 102 cm³/mol. The Kier molecular flexibility index (Phi) is 5.50. The van der Waals surface area contributed by atoms with Gasteiger partial charge in [-0.25, -0.2) is 9.18 Å². The summed E-state index contributed by atoms with van der Waals surface area (Å²) in [7, 11) is 0. The van der Waals surface area contributed by atoms with E-state index in [1.54, 1.807) is 4.90 Å². The number of nitrogens with one attached hydrogen (secondary N) is 1. The van der Waals surface area contributed by atoms with Crippen molar-refractivity contribution in [3.8, 4) is 0 Å². The van der Waals surface area contributed by atoms with Crippen molar-refractivity contribution < 1.29 is 18.7 Å². The minimum atomic E-state index is -0.439. The molecule has 1 aromatic rings. The zero-order valence-corrected chi connectivity index (χ0v) is 16.0. The van der Waals surface area contributed by atoms with Crippen LogP contribution in [0.4, 0.5) is 14.9 Å². The third kappa shape index (κ3) is 3.98. The third-order valence-electron chi connectivity index (χ3n) is 6.13. The van der Waals surface area contributed by atoms with E-state index in [-0.39, 0.29) is 17.8 Å². The molecule has 1 spiro atoms. The quantitative estimate of drug-likeness (QED) is 0.849. The molecule has 1 N–H and O–H groups in total. The molecule has 0 bridgehead atoms. The molecule has 0 aliphatic carbocycles. The molecule has 152 valence electrons. The summed E-state index contributed by atoms with van der Waals surface area (Å²) in [6.45, 7) is 6.75. The Morgan fingerprint density at radius 2 is 1.79 bits per heavy atom. The van der Waals surface area contributed by atoms with Crippen LogP contribution in [0.1, 0.15) is 12.8 Å². The van der Waals surface area contributed by atoms with Crippen LogP contribution in [0.5, 0.6) is 0 Å². The fraction of sp³-hybridized carbons (Fsp3) is 0.600. The molecule has 0 saturated carbocycles. The van der Waals surface area contributed by atoms with Gasteiger partial charge in [0, 0.05) is 51.5 Å². The largest absolute Gasteiger partial charge is 0.379 e. The van der Waals surface area contributed by atoms with Crippen LogP contribution in [0, 0.1) is 11.2 Å². The average molecular weight is 390 g/mol. The molecule has 1 unspecified atom stereocenters. The first-order chi connectivity index (χ1) is 13.6. The van der Waals surface area contributed by atoms with Crippen molar-refractivity contribution in [3.05, 3.63) is 30.1 Å². The number of rotatable bonds is 4. The average Bonchev–Trinajstić information content (AvgIpc) is 3.28. The highest BCUT2D eigenvalue weighted by Gasteiger charge is 2.51. The Hall–Kier alpha value is -2.19. The van der Waals surface area contributed by atoms with E-state index in [4.69, 9.17) is 4.74 Å². The first kappa shape index (κ1) is 19.1. The van der Waals surface area contributed by atoms with Gasteiger partial charge in [0.25, 0.3) is 0 Å². The van der Waals surface area contributed by atoms with Crippen LogP contribution in [0.15, 0.2) is 24.3 Å². The van der Waals surface area contributed by atoms with Gasteiger partial charge < -0.3 is 19.9 Å². The molecule has 3 heterocycles. The maximum absolute atomic E-state index is 13.0. The lowest BCUT2D eigenvalue weighted by Crippen LogP contribution is -2.44. The fourth-order valence-corrected chi connectivity index (χ4v) is 4.35. The van der Waals surface area contributed by atoms with E-state index in [1.807, 2.05) is 4.90 Å². The maximum atomic E-state index is 13.0. The number of hydrogen-bond acceptors (Lipinski definition) is 4. The summed E-state index contributed by atoms with van der Waals surface area (Å²) < 4.78 is 18.4. The number of amides is 3. The molecule has 3 saturated heterocycles. The molecule has 0 aromatic heterocycles. The highest BCUT2D eigenvalue weighted by Crippen LogP contribution is 2.40. The number of carbonyl (C=O) groups excluding carboxylic acids is 2. The number of urea groups is 1. The minimum Gasteiger partial charge on any atom is -0.379 e. The predicted octanol–water partition coefficient (Wildman–Crippen LogP) is 1.61. The van der Waals surface area contributed by atoms with E-state index in [2.05, 4.69) is 10.2 Å². The number of ether oxygens (including phenoxy) is 1. The van der Waals surface area contributed by atoms with Crippen molar-refractivity contribution in [2.75, 3.05) is 64.3 Å². The number of hydrogen-bond donors (Lipinski definition) is 1. The second-order valence-electron chi connectivity index (χ2n) is 7.89. The number of nitrogens with zero attached hydrogens (tertiary/aromatic N) is 3. The first-order valence-corrected chi connectivity index (χ1v) is 9.97. The van der Waals surface area contributed by atoms with Gasteiger partial charge >= 0.3 is 6.03 Å². The first-order valence-electron chi connectivity index (χ1n) is 9.97. The van der Waals surface area contributed by atoms with Crippen LogP contribution in [0.3, 0.4) is 0 Å². The van der Waals surface area contributed by atoms with Gasteiger partial charge in [-0.05, 0) is 37.1 Å². The van der Waals surface area contributed by atoms with Crippen LogP contribution >= 0.6 is 0 Å². The Balaban J connectivity index is 1.30. The lowest BCUT2D eigenvalue weighted by Gasteiger charge is -2.29. The summed E-state index contributed by atoms with van der Waals surface area (Å²) >= 11 is 0. The van der Waals surface area contributed by atoms with E-state index in [0.717, 1.165) is 52.4 Å². The number of halogens is 1.